The quantitative estimate of drug-likeness (QED) is 0.460. The van der Waals surface area contributed by atoms with E-state index in [1.807, 2.05) is 44.3 Å². The zero-order valence-corrected chi connectivity index (χ0v) is 11.9. The molecule has 0 aliphatic rings. The molecule has 108 valence electrons. The molecule has 2 rings (SSSR count). The van der Waals surface area contributed by atoms with Gasteiger partial charge in [-0.2, -0.15) is 0 Å². The molecule has 2 aromatic rings. The molecule has 0 fully saturated rings. The van der Waals surface area contributed by atoms with Gasteiger partial charge in [0.1, 0.15) is 0 Å². The van der Waals surface area contributed by atoms with Crippen molar-refractivity contribution in [3.8, 4) is 0 Å². The van der Waals surface area contributed by atoms with Crippen LogP contribution in [0.25, 0.3) is 10.8 Å². The standard InChI is InChI=1S/C15H21N3O2/c1-3-19-15(20-4-2)14(18-16)13-10-17-9-11-7-5-6-8-12(11)13/h5-10,14-15,18H,3-4,16H2,1-2H3. The van der Waals surface area contributed by atoms with E-state index < -0.39 is 6.29 Å². The Kier molecular flexibility index (Phi) is 5.43. The third-order valence-electron chi connectivity index (χ3n) is 3.15. The molecule has 0 amide bonds. The minimum Gasteiger partial charge on any atom is -0.351 e. The second kappa shape index (κ2) is 7.31. The van der Waals surface area contributed by atoms with Crippen LogP contribution >= 0.6 is 0 Å². The Labute approximate surface area is 119 Å². The molecule has 1 aromatic carbocycles. The number of benzene rings is 1. The number of nitrogens with zero attached hydrogens (tertiary/aromatic N) is 1. The molecule has 0 saturated heterocycles. The van der Waals surface area contributed by atoms with Gasteiger partial charge in [0, 0.05) is 36.6 Å². The summed E-state index contributed by atoms with van der Waals surface area (Å²) in [6.07, 6.45) is 3.20. The largest absolute Gasteiger partial charge is 0.351 e. The van der Waals surface area contributed by atoms with E-state index >= 15 is 0 Å². The minimum absolute atomic E-state index is 0.270. The van der Waals surface area contributed by atoms with Crippen molar-refractivity contribution < 1.29 is 9.47 Å². The zero-order chi connectivity index (χ0) is 14.4. The first-order valence-corrected chi connectivity index (χ1v) is 6.83. The molecule has 0 spiro atoms. The van der Waals surface area contributed by atoms with Crippen LogP contribution in [0.3, 0.4) is 0 Å². The van der Waals surface area contributed by atoms with Gasteiger partial charge >= 0.3 is 0 Å². The number of aromatic nitrogens is 1. The Bertz CT molecular complexity index is 536. The molecule has 0 aliphatic heterocycles. The van der Waals surface area contributed by atoms with Gasteiger partial charge in [0.05, 0.1) is 6.04 Å². The number of pyridine rings is 1. The van der Waals surface area contributed by atoms with Gasteiger partial charge in [-0.25, -0.2) is 5.43 Å². The van der Waals surface area contributed by atoms with Crippen molar-refractivity contribution in [3.05, 3.63) is 42.2 Å². The molecule has 0 aliphatic carbocycles. The molecule has 1 aromatic heterocycles. The number of rotatable bonds is 7. The van der Waals surface area contributed by atoms with Crippen molar-refractivity contribution in [2.75, 3.05) is 13.2 Å². The highest BCUT2D eigenvalue weighted by Gasteiger charge is 2.24. The topological polar surface area (TPSA) is 69.4 Å². The van der Waals surface area contributed by atoms with Crippen molar-refractivity contribution in [1.29, 1.82) is 0 Å². The second-order valence-corrected chi connectivity index (χ2v) is 4.37. The highest BCUT2D eigenvalue weighted by atomic mass is 16.7. The van der Waals surface area contributed by atoms with Crippen LogP contribution in [0.5, 0.6) is 0 Å². The van der Waals surface area contributed by atoms with Crippen molar-refractivity contribution >= 4 is 10.8 Å². The Hall–Kier alpha value is -1.53. The molecule has 1 atom stereocenters. The Balaban J connectivity index is 2.42. The predicted molar refractivity (Wildman–Crippen MR) is 78.8 cm³/mol. The van der Waals surface area contributed by atoms with Crippen molar-refractivity contribution in [1.82, 2.24) is 10.4 Å². The van der Waals surface area contributed by atoms with Gasteiger partial charge in [-0.15, -0.1) is 0 Å². The molecule has 5 heteroatoms. The van der Waals surface area contributed by atoms with Crippen LogP contribution in [-0.2, 0) is 9.47 Å². The van der Waals surface area contributed by atoms with Gasteiger partial charge in [-0.1, -0.05) is 24.3 Å². The maximum absolute atomic E-state index is 5.72. The monoisotopic (exact) mass is 275 g/mol. The fourth-order valence-electron chi connectivity index (χ4n) is 2.27. The molecule has 5 nitrogen and oxygen atoms in total. The summed E-state index contributed by atoms with van der Waals surface area (Å²) >= 11 is 0. The molecule has 0 radical (unpaired) electrons. The van der Waals surface area contributed by atoms with Gasteiger partial charge in [0.25, 0.3) is 0 Å². The maximum Gasteiger partial charge on any atom is 0.178 e. The zero-order valence-electron chi connectivity index (χ0n) is 11.9. The average Bonchev–Trinajstić information content (AvgIpc) is 2.49. The lowest BCUT2D eigenvalue weighted by atomic mass is 10.0. The van der Waals surface area contributed by atoms with Crippen molar-refractivity contribution in [3.63, 3.8) is 0 Å². The first-order chi connectivity index (χ1) is 9.81. The summed E-state index contributed by atoms with van der Waals surface area (Å²) in [6, 6.07) is 7.78. The second-order valence-electron chi connectivity index (χ2n) is 4.37. The van der Waals surface area contributed by atoms with Crippen LogP contribution in [-0.4, -0.2) is 24.5 Å². The van der Waals surface area contributed by atoms with Crippen LogP contribution in [0.2, 0.25) is 0 Å². The third-order valence-corrected chi connectivity index (χ3v) is 3.15. The lowest BCUT2D eigenvalue weighted by Crippen LogP contribution is -2.39. The Morgan fingerprint density at radius 3 is 2.50 bits per heavy atom. The maximum atomic E-state index is 5.72. The van der Waals surface area contributed by atoms with E-state index in [1.54, 1.807) is 6.20 Å². The number of hydrogen-bond acceptors (Lipinski definition) is 5. The number of fused-ring (bicyclic) bond motifs is 1. The van der Waals surface area contributed by atoms with E-state index in [1.165, 1.54) is 0 Å². The van der Waals surface area contributed by atoms with E-state index in [4.69, 9.17) is 15.3 Å². The highest BCUT2D eigenvalue weighted by Crippen LogP contribution is 2.26. The summed E-state index contributed by atoms with van der Waals surface area (Å²) in [5, 5.41) is 2.16. The van der Waals surface area contributed by atoms with Gasteiger partial charge < -0.3 is 9.47 Å². The van der Waals surface area contributed by atoms with Gasteiger partial charge in [0.15, 0.2) is 6.29 Å². The predicted octanol–water partition coefficient (Wildman–Crippen LogP) is 2.14. The van der Waals surface area contributed by atoms with Crippen LogP contribution in [0, 0.1) is 0 Å². The fraction of sp³-hybridized carbons (Fsp3) is 0.400. The van der Waals surface area contributed by atoms with E-state index in [-0.39, 0.29) is 6.04 Å². The summed E-state index contributed by atoms with van der Waals surface area (Å²) in [5.74, 6) is 5.72. The fourth-order valence-corrected chi connectivity index (χ4v) is 2.27. The lowest BCUT2D eigenvalue weighted by molar-refractivity contribution is -0.155. The lowest BCUT2D eigenvalue weighted by Gasteiger charge is -2.27. The van der Waals surface area contributed by atoms with Crippen molar-refractivity contribution in [2.45, 2.75) is 26.2 Å². The molecule has 0 bridgehead atoms. The SMILES string of the molecule is CCOC(OCC)C(NN)c1cncc2ccccc12. The highest BCUT2D eigenvalue weighted by molar-refractivity contribution is 5.85. The van der Waals surface area contributed by atoms with Gasteiger partial charge in [-0.3, -0.25) is 10.8 Å². The smallest absolute Gasteiger partial charge is 0.178 e. The van der Waals surface area contributed by atoms with Crippen LogP contribution < -0.4 is 11.3 Å². The van der Waals surface area contributed by atoms with E-state index in [0.29, 0.717) is 13.2 Å². The van der Waals surface area contributed by atoms with E-state index in [0.717, 1.165) is 16.3 Å². The third kappa shape index (κ3) is 3.13. The minimum atomic E-state index is -0.442. The number of nitrogens with one attached hydrogen (secondary N) is 1. The Morgan fingerprint density at radius 2 is 1.85 bits per heavy atom. The van der Waals surface area contributed by atoms with Crippen molar-refractivity contribution in [2.24, 2.45) is 5.84 Å². The normalized spacial score (nSPS) is 13.0. The van der Waals surface area contributed by atoms with Gasteiger partial charge in [-0.05, 0) is 19.2 Å². The molecule has 1 heterocycles. The van der Waals surface area contributed by atoms with Gasteiger partial charge in [0.2, 0.25) is 0 Å². The average molecular weight is 275 g/mol. The molecular weight excluding hydrogens is 254 g/mol. The van der Waals surface area contributed by atoms with Crippen LogP contribution in [0.15, 0.2) is 36.7 Å². The van der Waals surface area contributed by atoms with Crippen LogP contribution in [0.4, 0.5) is 0 Å². The number of nitrogens with two attached hydrogens (primary N) is 1. The summed E-state index contributed by atoms with van der Waals surface area (Å²) in [4.78, 5) is 4.28. The first-order valence-electron chi connectivity index (χ1n) is 6.83. The number of ether oxygens (including phenoxy) is 2. The number of hydrogen-bond donors (Lipinski definition) is 2. The summed E-state index contributed by atoms with van der Waals surface area (Å²) in [6.45, 7) is 4.98. The Morgan fingerprint density at radius 1 is 1.15 bits per heavy atom. The first kappa shape index (κ1) is 14.9. The molecular formula is C15H21N3O2. The number of hydrazine groups is 1. The molecule has 3 N–H and O–H groups in total. The van der Waals surface area contributed by atoms with Crippen LogP contribution in [0.1, 0.15) is 25.5 Å². The van der Waals surface area contributed by atoms with E-state index in [2.05, 4.69) is 10.4 Å². The summed E-state index contributed by atoms with van der Waals surface area (Å²) in [7, 11) is 0. The summed E-state index contributed by atoms with van der Waals surface area (Å²) < 4.78 is 11.3. The molecule has 0 saturated carbocycles. The molecule has 1 unspecified atom stereocenters. The van der Waals surface area contributed by atoms with E-state index in [9.17, 15) is 0 Å². The summed E-state index contributed by atoms with van der Waals surface area (Å²) in [5.41, 5.74) is 3.76. The molecule has 20 heavy (non-hydrogen) atoms.